The monoisotopic (exact) mass is 250 g/mol. The van der Waals surface area contributed by atoms with Crippen LogP contribution in [-0.2, 0) is 11.2 Å². The molecule has 6 heteroatoms. The normalized spacial score (nSPS) is 22.1. The van der Waals surface area contributed by atoms with Crippen LogP contribution in [0.1, 0.15) is 18.4 Å². The molecule has 0 bridgehead atoms. The minimum atomic E-state index is -0.490. The van der Waals surface area contributed by atoms with Crippen LogP contribution in [-0.4, -0.2) is 28.1 Å². The molecular formula is C12H14N2O4. The van der Waals surface area contributed by atoms with Gasteiger partial charge in [-0.15, -0.1) is 0 Å². The summed E-state index contributed by atoms with van der Waals surface area (Å²) in [6.07, 6.45) is 0.774. The number of nitro benzene ring substituents is 1. The maximum Gasteiger partial charge on any atom is 0.273 e. The summed E-state index contributed by atoms with van der Waals surface area (Å²) in [5.41, 5.74) is 0.362. The number of rotatable bonds is 4. The van der Waals surface area contributed by atoms with E-state index in [0.717, 1.165) is 0 Å². The third-order valence-electron chi connectivity index (χ3n) is 3.02. The molecule has 1 aliphatic carbocycles. The summed E-state index contributed by atoms with van der Waals surface area (Å²) in [5, 5.41) is 22.6. The average molecular weight is 250 g/mol. The van der Waals surface area contributed by atoms with E-state index in [0.29, 0.717) is 18.4 Å². The first kappa shape index (κ1) is 12.5. The van der Waals surface area contributed by atoms with E-state index >= 15 is 0 Å². The molecule has 0 spiro atoms. The number of carbonyl (C=O) groups excluding carboxylic acids is 1. The van der Waals surface area contributed by atoms with Gasteiger partial charge in [-0.2, -0.15) is 0 Å². The topological polar surface area (TPSA) is 92.5 Å². The second-order valence-corrected chi connectivity index (χ2v) is 4.45. The molecule has 2 rings (SSSR count). The van der Waals surface area contributed by atoms with Crippen LogP contribution in [0.2, 0.25) is 0 Å². The van der Waals surface area contributed by atoms with Crippen molar-refractivity contribution in [1.29, 1.82) is 0 Å². The fourth-order valence-electron chi connectivity index (χ4n) is 2.00. The van der Waals surface area contributed by atoms with Gasteiger partial charge in [0.15, 0.2) is 0 Å². The van der Waals surface area contributed by atoms with Crippen molar-refractivity contribution in [3.8, 4) is 0 Å². The van der Waals surface area contributed by atoms with Crippen molar-refractivity contribution in [3.05, 3.63) is 39.9 Å². The molecule has 1 amide bonds. The smallest absolute Gasteiger partial charge is 0.273 e. The third kappa shape index (κ3) is 2.84. The molecule has 1 aromatic carbocycles. The van der Waals surface area contributed by atoms with Crippen molar-refractivity contribution in [2.75, 3.05) is 0 Å². The first-order valence-corrected chi connectivity index (χ1v) is 5.76. The quantitative estimate of drug-likeness (QED) is 0.610. The lowest BCUT2D eigenvalue weighted by Gasteiger charge is -2.31. The third-order valence-corrected chi connectivity index (χ3v) is 3.02. The highest BCUT2D eigenvalue weighted by molar-refractivity contribution is 5.80. The summed E-state index contributed by atoms with van der Waals surface area (Å²) in [4.78, 5) is 22.0. The highest BCUT2D eigenvalue weighted by atomic mass is 16.6. The molecule has 0 atom stereocenters. The molecule has 6 nitrogen and oxygen atoms in total. The number of nitrogens with zero attached hydrogens (tertiary/aromatic N) is 1. The van der Waals surface area contributed by atoms with Gasteiger partial charge in [-0.05, 0) is 12.8 Å². The van der Waals surface area contributed by atoms with Crippen molar-refractivity contribution in [1.82, 2.24) is 5.32 Å². The van der Waals surface area contributed by atoms with Crippen LogP contribution in [0, 0.1) is 10.1 Å². The molecular weight excluding hydrogens is 236 g/mol. The lowest BCUT2D eigenvalue weighted by molar-refractivity contribution is -0.385. The summed E-state index contributed by atoms with van der Waals surface area (Å²) < 4.78 is 0. The Morgan fingerprint density at radius 3 is 2.72 bits per heavy atom. The van der Waals surface area contributed by atoms with Gasteiger partial charge in [-0.3, -0.25) is 14.9 Å². The Morgan fingerprint density at radius 1 is 1.44 bits per heavy atom. The molecule has 1 aromatic rings. The van der Waals surface area contributed by atoms with Gasteiger partial charge in [0.2, 0.25) is 5.91 Å². The summed E-state index contributed by atoms with van der Waals surface area (Å²) >= 11 is 0. The van der Waals surface area contributed by atoms with Crippen molar-refractivity contribution in [2.24, 2.45) is 0 Å². The lowest BCUT2D eigenvalue weighted by Crippen LogP contribution is -2.47. The Kier molecular flexibility index (Phi) is 3.57. The van der Waals surface area contributed by atoms with Crippen LogP contribution < -0.4 is 5.32 Å². The zero-order valence-corrected chi connectivity index (χ0v) is 9.70. The average Bonchev–Trinajstić information content (AvgIpc) is 2.27. The van der Waals surface area contributed by atoms with E-state index < -0.39 is 4.92 Å². The van der Waals surface area contributed by atoms with Crippen LogP contribution in [0.5, 0.6) is 0 Å². The summed E-state index contributed by atoms with van der Waals surface area (Å²) in [6, 6.07) is 6.20. The fourth-order valence-corrected chi connectivity index (χ4v) is 2.00. The predicted octanol–water partition coefficient (Wildman–Crippen LogP) is 0.777. The molecule has 0 saturated heterocycles. The standard InChI is InChI=1S/C12H14N2O4/c15-10-6-9(7-10)13-12(16)5-8-3-1-2-4-11(8)14(17)18/h1-4,9-10,15H,5-7H2,(H,13,16). The molecule has 0 unspecified atom stereocenters. The van der Waals surface area contributed by atoms with Crippen molar-refractivity contribution < 1.29 is 14.8 Å². The highest BCUT2D eigenvalue weighted by Gasteiger charge is 2.28. The summed E-state index contributed by atoms with van der Waals surface area (Å²) in [7, 11) is 0. The number of hydrogen-bond acceptors (Lipinski definition) is 4. The van der Waals surface area contributed by atoms with E-state index in [9.17, 15) is 14.9 Å². The maximum atomic E-state index is 11.7. The number of carbonyl (C=O) groups is 1. The first-order valence-electron chi connectivity index (χ1n) is 5.76. The molecule has 1 aliphatic rings. The minimum Gasteiger partial charge on any atom is -0.393 e. The van der Waals surface area contributed by atoms with Gasteiger partial charge in [0, 0.05) is 17.7 Å². The first-order chi connectivity index (χ1) is 8.56. The van der Waals surface area contributed by atoms with Gasteiger partial charge in [0.1, 0.15) is 0 Å². The van der Waals surface area contributed by atoms with Gasteiger partial charge in [0.05, 0.1) is 17.4 Å². The fraction of sp³-hybridized carbons (Fsp3) is 0.417. The van der Waals surface area contributed by atoms with E-state index in [-0.39, 0.29) is 30.2 Å². The molecule has 1 fully saturated rings. The van der Waals surface area contributed by atoms with Gasteiger partial charge in [-0.25, -0.2) is 0 Å². The molecule has 2 N–H and O–H groups in total. The molecule has 0 radical (unpaired) electrons. The van der Waals surface area contributed by atoms with E-state index in [2.05, 4.69) is 5.32 Å². The highest BCUT2D eigenvalue weighted by Crippen LogP contribution is 2.21. The van der Waals surface area contributed by atoms with E-state index in [1.54, 1.807) is 18.2 Å². The SMILES string of the molecule is O=C(Cc1ccccc1[N+](=O)[O-])NC1CC(O)C1. The van der Waals surface area contributed by atoms with E-state index in [4.69, 9.17) is 5.11 Å². The Morgan fingerprint density at radius 2 is 2.11 bits per heavy atom. The van der Waals surface area contributed by atoms with E-state index in [1.165, 1.54) is 6.07 Å². The van der Waals surface area contributed by atoms with Crippen molar-refractivity contribution >= 4 is 11.6 Å². The van der Waals surface area contributed by atoms with Crippen molar-refractivity contribution in [3.63, 3.8) is 0 Å². The minimum absolute atomic E-state index is 0.00438. The Balaban J connectivity index is 1.96. The Hall–Kier alpha value is -1.95. The molecule has 0 aromatic heterocycles. The van der Waals surface area contributed by atoms with Crippen LogP contribution in [0.25, 0.3) is 0 Å². The number of nitrogens with one attached hydrogen (secondary N) is 1. The lowest BCUT2D eigenvalue weighted by atomic mass is 9.89. The molecule has 0 heterocycles. The van der Waals surface area contributed by atoms with Crippen LogP contribution in [0.3, 0.4) is 0 Å². The number of amides is 1. The Labute approximate surface area is 104 Å². The molecule has 18 heavy (non-hydrogen) atoms. The summed E-state index contributed by atoms with van der Waals surface area (Å²) in [6.45, 7) is 0. The van der Waals surface area contributed by atoms with Crippen LogP contribution in [0.15, 0.2) is 24.3 Å². The van der Waals surface area contributed by atoms with E-state index in [1.807, 2.05) is 0 Å². The zero-order valence-electron chi connectivity index (χ0n) is 9.70. The predicted molar refractivity (Wildman–Crippen MR) is 64.0 cm³/mol. The number of benzene rings is 1. The second kappa shape index (κ2) is 5.14. The number of aliphatic hydroxyl groups is 1. The van der Waals surface area contributed by atoms with Gasteiger partial charge >= 0.3 is 0 Å². The maximum absolute atomic E-state index is 11.7. The number of nitro groups is 1. The number of para-hydroxylation sites is 1. The summed E-state index contributed by atoms with van der Waals surface area (Å²) in [5.74, 6) is -0.249. The zero-order chi connectivity index (χ0) is 13.1. The number of hydrogen-bond donors (Lipinski definition) is 2. The number of aliphatic hydroxyl groups excluding tert-OH is 1. The molecule has 96 valence electrons. The van der Waals surface area contributed by atoms with Crippen molar-refractivity contribution in [2.45, 2.75) is 31.4 Å². The van der Waals surface area contributed by atoms with Gasteiger partial charge in [0.25, 0.3) is 5.69 Å². The molecule has 1 saturated carbocycles. The van der Waals surface area contributed by atoms with Gasteiger partial charge in [-0.1, -0.05) is 18.2 Å². The molecule has 0 aliphatic heterocycles. The van der Waals surface area contributed by atoms with Crippen LogP contribution >= 0.6 is 0 Å². The second-order valence-electron chi connectivity index (χ2n) is 4.45. The largest absolute Gasteiger partial charge is 0.393 e. The Bertz CT molecular complexity index is 469. The van der Waals surface area contributed by atoms with Crippen LogP contribution in [0.4, 0.5) is 5.69 Å². The van der Waals surface area contributed by atoms with Gasteiger partial charge < -0.3 is 10.4 Å².